The van der Waals surface area contributed by atoms with Crippen LogP contribution in [0, 0.1) is 5.92 Å². The molecule has 0 aliphatic carbocycles. The molecule has 1 unspecified atom stereocenters. The maximum absolute atomic E-state index is 12.2. The fraction of sp³-hybridized carbons (Fsp3) is 0.412. The Morgan fingerprint density at radius 1 is 1.30 bits per heavy atom. The zero-order chi connectivity index (χ0) is 16.2. The molecule has 0 saturated carbocycles. The van der Waals surface area contributed by atoms with Crippen LogP contribution in [0.2, 0.25) is 0 Å². The molecule has 1 aliphatic rings. The lowest BCUT2D eigenvalue weighted by Gasteiger charge is -2.30. The van der Waals surface area contributed by atoms with Crippen molar-refractivity contribution in [1.82, 2.24) is 14.9 Å². The molecule has 1 saturated heterocycles. The molecule has 1 fully saturated rings. The van der Waals surface area contributed by atoms with E-state index in [1.165, 1.54) is 6.20 Å². The number of hydrogen-bond acceptors (Lipinski definition) is 5. The summed E-state index contributed by atoms with van der Waals surface area (Å²) in [6.07, 6.45) is 5.23. The van der Waals surface area contributed by atoms with Crippen molar-refractivity contribution in [3.63, 3.8) is 0 Å². The highest BCUT2D eigenvalue weighted by Crippen LogP contribution is 2.17. The monoisotopic (exact) mass is 313 g/mol. The largest absolute Gasteiger partial charge is 0.452 e. The van der Waals surface area contributed by atoms with Gasteiger partial charge in [0.1, 0.15) is 5.52 Å². The summed E-state index contributed by atoms with van der Waals surface area (Å²) >= 11 is 0. The average molecular weight is 313 g/mol. The first-order chi connectivity index (χ1) is 11.1. The molecule has 23 heavy (non-hydrogen) atoms. The van der Waals surface area contributed by atoms with Crippen molar-refractivity contribution in [1.29, 1.82) is 0 Å². The number of para-hydroxylation sites is 1. The smallest absolute Gasteiger partial charge is 0.340 e. The molecule has 2 heterocycles. The molecule has 0 bridgehead atoms. The van der Waals surface area contributed by atoms with Crippen molar-refractivity contribution in [2.24, 2.45) is 5.92 Å². The number of ether oxygens (including phenoxy) is 1. The van der Waals surface area contributed by atoms with Gasteiger partial charge in [0.2, 0.25) is 0 Å². The number of likely N-dealkylation sites (tertiary alicyclic amines) is 1. The number of amides is 1. The van der Waals surface area contributed by atoms with E-state index in [4.69, 9.17) is 4.74 Å². The number of nitrogens with zero attached hydrogens (tertiary/aromatic N) is 3. The third kappa shape index (κ3) is 3.47. The van der Waals surface area contributed by atoms with Gasteiger partial charge in [0.15, 0.2) is 6.61 Å². The van der Waals surface area contributed by atoms with E-state index in [0.717, 1.165) is 25.9 Å². The predicted octanol–water partition coefficient (Wildman–Crippen LogP) is 2.05. The Labute approximate surface area is 134 Å². The van der Waals surface area contributed by atoms with Gasteiger partial charge >= 0.3 is 5.97 Å². The lowest BCUT2D eigenvalue weighted by Crippen LogP contribution is -2.41. The third-order valence-corrected chi connectivity index (χ3v) is 4.06. The Hall–Kier alpha value is -2.50. The summed E-state index contributed by atoms with van der Waals surface area (Å²) in [4.78, 5) is 34.5. The minimum atomic E-state index is -0.547. The minimum absolute atomic E-state index is 0.142. The van der Waals surface area contributed by atoms with E-state index in [-0.39, 0.29) is 12.5 Å². The molecular weight excluding hydrogens is 294 g/mol. The van der Waals surface area contributed by atoms with Crippen molar-refractivity contribution in [2.45, 2.75) is 19.8 Å². The predicted molar refractivity (Wildman–Crippen MR) is 84.8 cm³/mol. The number of rotatable bonds is 3. The lowest BCUT2D eigenvalue weighted by molar-refractivity contribution is -0.136. The second kappa shape index (κ2) is 6.73. The molecule has 120 valence electrons. The first-order valence-electron chi connectivity index (χ1n) is 7.80. The molecule has 1 aromatic carbocycles. The number of benzene rings is 1. The number of hydrogen-bond donors (Lipinski definition) is 0. The standard InChI is InChI=1S/C17H19N3O3/c1-12-4-3-9-20(10-12)15(21)11-23-17(22)13-5-2-6-14-16(13)19-8-7-18-14/h2,5-8,12H,3-4,9-11H2,1H3. The zero-order valence-corrected chi connectivity index (χ0v) is 13.1. The van der Waals surface area contributed by atoms with Gasteiger partial charge < -0.3 is 9.64 Å². The van der Waals surface area contributed by atoms with Gasteiger partial charge in [-0.15, -0.1) is 0 Å². The summed E-state index contributed by atoms with van der Waals surface area (Å²) in [5.74, 6) is -0.192. The summed E-state index contributed by atoms with van der Waals surface area (Å²) in [5.41, 5.74) is 1.44. The highest BCUT2D eigenvalue weighted by Gasteiger charge is 2.22. The quantitative estimate of drug-likeness (QED) is 0.811. The summed E-state index contributed by atoms with van der Waals surface area (Å²) in [5, 5.41) is 0. The normalized spacial score (nSPS) is 18.0. The second-order valence-corrected chi connectivity index (χ2v) is 5.89. The van der Waals surface area contributed by atoms with Gasteiger partial charge in [-0.3, -0.25) is 14.8 Å². The molecule has 1 aromatic heterocycles. The van der Waals surface area contributed by atoms with Crippen LogP contribution in [-0.4, -0.2) is 46.4 Å². The molecule has 0 spiro atoms. The maximum Gasteiger partial charge on any atom is 0.340 e. The average Bonchev–Trinajstić information content (AvgIpc) is 2.59. The van der Waals surface area contributed by atoms with Crippen LogP contribution in [0.4, 0.5) is 0 Å². The van der Waals surface area contributed by atoms with Crippen LogP contribution in [0.15, 0.2) is 30.6 Å². The first-order valence-corrected chi connectivity index (χ1v) is 7.80. The van der Waals surface area contributed by atoms with Crippen molar-refractivity contribution in [2.75, 3.05) is 19.7 Å². The molecule has 1 aliphatic heterocycles. The van der Waals surface area contributed by atoms with E-state index in [2.05, 4.69) is 16.9 Å². The molecule has 0 radical (unpaired) electrons. The molecule has 6 nitrogen and oxygen atoms in total. The zero-order valence-electron chi connectivity index (χ0n) is 13.1. The lowest BCUT2D eigenvalue weighted by atomic mass is 10.0. The third-order valence-electron chi connectivity index (χ3n) is 4.06. The van der Waals surface area contributed by atoms with Gasteiger partial charge in [-0.2, -0.15) is 0 Å². The van der Waals surface area contributed by atoms with Crippen LogP contribution in [0.3, 0.4) is 0 Å². The fourth-order valence-electron chi connectivity index (χ4n) is 2.87. The van der Waals surface area contributed by atoms with Gasteiger partial charge in [-0.25, -0.2) is 4.79 Å². The topological polar surface area (TPSA) is 72.4 Å². The van der Waals surface area contributed by atoms with Gasteiger partial charge in [-0.05, 0) is 30.9 Å². The Bertz CT molecular complexity index is 727. The molecule has 1 amide bonds. The van der Waals surface area contributed by atoms with Crippen molar-refractivity contribution < 1.29 is 14.3 Å². The van der Waals surface area contributed by atoms with E-state index in [0.29, 0.717) is 22.5 Å². The summed E-state index contributed by atoms with van der Waals surface area (Å²) < 4.78 is 5.19. The second-order valence-electron chi connectivity index (χ2n) is 5.89. The first kappa shape index (κ1) is 15.4. The minimum Gasteiger partial charge on any atom is -0.452 e. The highest BCUT2D eigenvalue weighted by atomic mass is 16.5. The number of carbonyl (C=O) groups excluding carboxylic acids is 2. The molecular formula is C17H19N3O3. The van der Waals surface area contributed by atoms with Crippen LogP contribution in [0.5, 0.6) is 0 Å². The molecule has 2 aromatic rings. The Morgan fingerprint density at radius 3 is 2.96 bits per heavy atom. The van der Waals surface area contributed by atoms with E-state index >= 15 is 0 Å². The van der Waals surface area contributed by atoms with Crippen LogP contribution < -0.4 is 0 Å². The van der Waals surface area contributed by atoms with E-state index in [9.17, 15) is 9.59 Å². The van der Waals surface area contributed by atoms with Crippen LogP contribution >= 0.6 is 0 Å². The van der Waals surface area contributed by atoms with E-state index in [1.54, 1.807) is 29.3 Å². The number of fused-ring (bicyclic) bond motifs is 1. The molecule has 3 rings (SSSR count). The fourth-order valence-corrected chi connectivity index (χ4v) is 2.87. The highest BCUT2D eigenvalue weighted by molar-refractivity contribution is 6.02. The van der Waals surface area contributed by atoms with E-state index in [1.807, 2.05) is 0 Å². The molecule has 0 N–H and O–H groups in total. The summed E-state index contributed by atoms with van der Waals surface area (Å²) in [6, 6.07) is 5.13. The van der Waals surface area contributed by atoms with Gasteiger partial charge in [0, 0.05) is 25.5 Å². The van der Waals surface area contributed by atoms with Crippen LogP contribution in [0.1, 0.15) is 30.1 Å². The Balaban J connectivity index is 1.66. The Kier molecular flexibility index (Phi) is 4.50. The number of esters is 1. The Morgan fingerprint density at radius 2 is 2.13 bits per heavy atom. The maximum atomic E-state index is 12.2. The van der Waals surface area contributed by atoms with Gasteiger partial charge in [0.05, 0.1) is 11.1 Å². The number of carbonyl (C=O) groups is 2. The van der Waals surface area contributed by atoms with Gasteiger partial charge in [0.25, 0.3) is 5.91 Å². The number of aromatic nitrogens is 2. The SMILES string of the molecule is CC1CCCN(C(=O)COC(=O)c2cccc3nccnc23)C1. The summed E-state index contributed by atoms with van der Waals surface area (Å²) in [7, 11) is 0. The van der Waals surface area contributed by atoms with E-state index < -0.39 is 5.97 Å². The van der Waals surface area contributed by atoms with Crippen molar-refractivity contribution in [3.05, 3.63) is 36.2 Å². The number of piperidine rings is 1. The van der Waals surface area contributed by atoms with Crippen LogP contribution in [0.25, 0.3) is 11.0 Å². The van der Waals surface area contributed by atoms with Crippen molar-refractivity contribution >= 4 is 22.9 Å². The molecule has 6 heteroatoms. The van der Waals surface area contributed by atoms with Crippen LogP contribution in [-0.2, 0) is 9.53 Å². The van der Waals surface area contributed by atoms with Gasteiger partial charge in [-0.1, -0.05) is 13.0 Å². The summed E-state index contributed by atoms with van der Waals surface area (Å²) in [6.45, 7) is 3.36. The van der Waals surface area contributed by atoms with Crippen molar-refractivity contribution in [3.8, 4) is 0 Å². The molecule has 1 atom stereocenters.